The minimum atomic E-state index is -1.89. The van der Waals surface area contributed by atoms with Gasteiger partial charge in [0.2, 0.25) is 5.91 Å². The van der Waals surface area contributed by atoms with Crippen molar-refractivity contribution in [3.8, 4) is 11.1 Å². The normalized spacial score (nSPS) is 17.1. The van der Waals surface area contributed by atoms with Gasteiger partial charge >= 0.3 is 5.97 Å². The fourth-order valence-corrected chi connectivity index (χ4v) is 6.73. The molecule has 0 saturated heterocycles. The number of rotatable bonds is 9. The number of benzene rings is 2. The Bertz CT molecular complexity index is 1170. The summed E-state index contributed by atoms with van der Waals surface area (Å²) >= 11 is 1.52. The number of nitrogens with zero attached hydrogens (tertiary/aromatic N) is 1. The molecular formula is C27H29N3O3S. The number of thioether (sulfide) groups is 1. The largest absolute Gasteiger partial charge is 0.480 e. The van der Waals surface area contributed by atoms with Crippen molar-refractivity contribution in [2.75, 3.05) is 12.0 Å². The Balaban J connectivity index is 2.19. The smallest absolute Gasteiger partial charge is 0.325 e. The number of pyridine rings is 1. The van der Waals surface area contributed by atoms with Crippen LogP contribution < -0.4 is 11.5 Å². The van der Waals surface area contributed by atoms with Crippen LogP contribution in [0.3, 0.4) is 0 Å². The number of fused-ring (bicyclic) bond motifs is 3. The molecule has 0 bridgehead atoms. The van der Waals surface area contributed by atoms with Crippen molar-refractivity contribution in [3.63, 3.8) is 0 Å². The van der Waals surface area contributed by atoms with Crippen molar-refractivity contribution in [2.45, 2.75) is 30.2 Å². The van der Waals surface area contributed by atoms with E-state index >= 15 is 0 Å². The lowest BCUT2D eigenvalue weighted by molar-refractivity contribution is -0.148. The molecule has 3 unspecified atom stereocenters. The van der Waals surface area contributed by atoms with Crippen LogP contribution in [0, 0.1) is 5.92 Å². The predicted octanol–water partition coefficient (Wildman–Crippen LogP) is 3.79. The molecule has 1 heterocycles. The molecule has 1 amide bonds. The summed E-state index contributed by atoms with van der Waals surface area (Å²) in [5.41, 5.74) is 14.0. The van der Waals surface area contributed by atoms with Crippen molar-refractivity contribution in [3.05, 3.63) is 89.7 Å². The van der Waals surface area contributed by atoms with E-state index in [0.717, 1.165) is 27.8 Å². The van der Waals surface area contributed by atoms with Gasteiger partial charge in [0.15, 0.2) is 0 Å². The van der Waals surface area contributed by atoms with Gasteiger partial charge in [-0.15, -0.1) is 0 Å². The van der Waals surface area contributed by atoms with Crippen LogP contribution in [0.15, 0.2) is 73.1 Å². The zero-order valence-electron chi connectivity index (χ0n) is 19.3. The molecule has 2 aromatic carbocycles. The van der Waals surface area contributed by atoms with E-state index in [1.165, 1.54) is 11.8 Å². The highest BCUT2D eigenvalue weighted by Gasteiger charge is 2.67. The second-order valence-corrected chi connectivity index (χ2v) is 9.64. The number of primary amides is 1. The van der Waals surface area contributed by atoms with Gasteiger partial charge in [-0.3, -0.25) is 14.6 Å². The van der Waals surface area contributed by atoms with Crippen molar-refractivity contribution >= 4 is 23.6 Å². The average molecular weight is 476 g/mol. The molecule has 6 nitrogen and oxygen atoms in total. The Labute approximate surface area is 203 Å². The van der Waals surface area contributed by atoms with E-state index in [4.69, 9.17) is 11.5 Å². The molecule has 1 aliphatic carbocycles. The Morgan fingerprint density at radius 3 is 2.00 bits per heavy atom. The zero-order chi connectivity index (χ0) is 24.5. The van der Waals surface area contributed by atoms with E-state index in [9.17, 15) is 14.7 Å². The number of amides is 1. The number of carbonyl (C=O) groups excluding carboxylic acids is 1. The van der Waals surface area contributed by atoms with Crippen molar-refractivity contribution < 1.29 is 14.7 Å². The second kappa shape index (κ2) is 9.24. The number of hydrogen-bond donors (Lipinski definition) is 3. The van der Waals surface area contributed by atoms with Crippen LogP contribution in [0.25, 0.3) is 11.1 Å². The minimum absolute atomic E-state index is 0.340. The predicted molar refractivity (Wildman–Crippen MR) is 136 cm³/mol. The number of aliphatic carboxylic acids is 1. The van der Waals surface area contributed by atoms with Crippen molar-refractivity contribution in [1.82, 2.24) is 4.98 Å². The molecule has 3 atom stereocenters. The molecule has 176 valence electrons. The third kappa shape index (κ3) is 3.26. The first-order chi connectivity index (χ1) is 16.3. The van der Waals surface area contributed by atoms with E-state index in [0.29, 0.717) is 12.2 Å². The topological polar surface area (TPSA) is 119 Å². The summed E-state index contributed by atoms with van der Waals surface area (Å²) in [5.74, 6) is -2.77. The number of carboxylic acids is 1. The molecule has 1 aromatic heterocycles. The molecule has 7 heteroatoms. The summed E-state index contributed by atoms with van der Waals surface area (Å²) in [6.45, 7) is 1.86. The third-order valence-electron chi connectivity index (χ3n) is 7.27. The van der Waals surface area contributed by atoms with Crippen molar-refractivity contribution in [2.24, 2.45) is 17.4 Å². The molecule has 0 saturated carbocycles. The summed E-state index contributed by atoms with van der Waals surface area (Å²) < 4.78 is 0. The zero-order valence-corrected chi connectivity index (χ0v) is 20.1. The Morgan fingerprint density at radius 2 is 1.56 bits per heavy atom. The lowest BCUT2D eigenvalue weighted by atomic mass is 9.52. The fourth-order valence-electron chi connectivity index (χ4n) is 5.94. The van der Waals surface area contributed by atoms with Gasteiger partial charge in [-0.25, -0.2) is 0 Å². The third-order valence-corrected chi connectivity index (χ3v) is 7.93. The first-order valence-corrected chi connectivity index (χ1v) is 12.6. The van der Waals surface area contributed by atoms with Crippen molar-refractivity contribution in [1.29, 1.82) is 0 Å². The van der Waals surface area contributed by atoms with E-state index in [2.05, 4.69) is 4.98 Å². The monoisotopic (exact) mass is 475 g/mol. The Morgan fingerprint density at radius 1 is 1.03 bits per heavy atom. The van der Waals surface area contributed by atoms with E-state index in [1.807, 2.05) is 61.7 Å². The van der Waals surface area contributed by atoms with Crippen LogP contribution in [0.2, 0.25) is 0 Å². The SMILES string of the molecule is CCC(C(N)=O)C1(C(N)(C(=O)O)C(CSC)c2ccncc2)c2ccccc2-c2ccccc21. The maximum atomic E-state index is 13.5. The number of aromatic nitrogens is 1. The number of nitrogens with two attached hydrogens (primary N) is 2. The van der Waals surface area contributed by atoms with E-state index in [-0.39, 0.29) is 0 Å². The van der Waals surface area contributed by atoms with Gasteiger partial charge < -0.3 is 16.6 Å². The minimum Gasteiger partial charge on any atom is -0.480 e. The molecule has 0 aliphatic heterocycles. The standard InChI is InChI=1S/C27H29N3O3S/c1-3-20(24(28)31)26(21-10-6-4-8-18(21)19-9-5-7-11-22(19)26)27(29,25(32)33)23(16-34-2)17-12-14-30-15-13-17/h4-15,20,23H,3,16,29H2,1-2H3,(H2,28,31)(H,32,33). The number of carbonyl (C=O) groups is 2. The van der Waals surface area contributed by atoms with E-state index < -0.39 is 34.7 Å². The highest BCUT2D eigenvalue weighted by atomic mass is 32.2. The molecular weight excluding hydrogens is 446 g/mol. The van der Waals surface area contributed by atoms with E-state index in [1.54, 1.807) is 24.5 Å². The second-order valence-electron chi connectivity index (χ2n) is 8.73. The highest BCUT2D eigenvalue weighted by molar-refractivity contribution is 7.98. The average Bonchev–Trinajstić information content (AvgIpc) is 3.14. The van der Waals surface area contributed by atoms with Crippen LogP contribution in [-0.4, -0.2) is 39.5 Å². The van der Waals surface area contributed by atoms with Crippen LogP contribution >= 0.6 is 11.8 Å². The lowest BCUT2D eigenvalue weighted by Gasteiger charge is -2.52. The van der Waals surface area contributed by atoms with Gasteiger partial charge in [0, 0.05) is 24.1 Å². The fraction of sp³-hybridized carbons (Fsp3) is 0.296. The van der Waals surface area contributed by atoms with Crippen LogP contribution in [0.1, 0.15) is 36.0 Å². The quantitative estimate of drug-likeness (QED) is 0.433. The van der Waals surface area contributed by atoms with Gasteiger partial charge in [0.25, 0.3) is 0 Å². The molecule has 34 heavy (non-hydrogen) atoms. The summed E-state index contributed by atoms with van der Waals surface area (Å²) in [4.78, 5) is 30.7. The Kier molecular flexibility index (Phi) is 6.51. The molecule has 0 spiro atoms. The van der Waals surface area contributed by atoms with Gasteiger partial charge in [-0.2, -0.15) is 11.8 Å². The van der Waals surface area contributed by atoms with Crippen LogP contribution in [0.5, 0.6) is 0 Å². The molecule has 0 radical (unpaired) electrons. The van der Waals surface area contributed by atoms with Gasteiger partial charge in [0.05, 0.1) is 11.3 Å². The summed E-state index contributed by atoms with van der Waals surface area (Å²) in [6.07, 6.45) is 5.54. The number of carboxylic acid groups (broad SMARTS) is 1. The maximum absolute atomic E-state index is 13.5. The molecule has 4 rings (SSSR count). The van der Waals surface area contributed by atoms with Gasteiger partial charge in [0.1, 0.15) is 5.54 Å². The molecule has 3 aromatic rings. The molecule has 5 N–H and O–H groups in total. The maximum Gasteiger partial charge on any atom is 0.325 e. The van der Waals surface area contributed by atoms with Gasteiger partial charge in [-0.1, -0.05) is 55.5 Å². The molecule has 0 fully saturated rings. The first kappa shape index (κ1) is 24.0. The Hall–Kier alpha value is -3.16. The summed E-state index contributed by atoms with van der Waals surface area (Å²) in [5, 5.41) is 11.0. The number of hydrogen-bond acceptors (Lipinski definition) is 5. The highest BCUT2D eigenvalue weighted by Crippen LogP contribution is 2.61. The summed E-state index contributed by atoms with van der Waals surface area (Å²) in [7, 11) is 0. The van der Waals surface area contributed by atoms with Gasteiger partial charge in [-0.05, 0) is 52.6 Å². The summed E-state index contributed by atoms with van der Waals surface area (Å²) in [6, 6.07) is 18.9. The molecule has 1 aliphatic rings. The van der Waals surface area contributed by atoms with Crippen LogP contribution in [0.4, 0.5) is 0 Å². The van der Waals surface area contributed by atoms with Crippen LogP contribution in [-0.2, 0) is 15.0 Å². The first-order valence-electron chi connectivity index (χ1n) is 11.2. The lowest BCUT2D eigenvalue weighted by Crippen LogP contribution is -2.70.